The maximum Gasteiger partial charge on any atom is 0.320 e. The molecular formula is C20H25NO7. The van der Waals surface area contributed by atoms with Gasteiger partial charge in [-0.15, -0.1) is 0 Å². The molecule has 1 aliphatic rings. The van der Waals surface area contributed by atoms with Gasteiger partial charge in [0.2, 0.25) is 0 Å². The summed E-state index contributed by atoms with van der Waals surface area (Å²) in [5.41, 5.74) is 0.220. The number of esters is 2. The van der Waals surface area contributed by atoms with E-state index < -0.39 is 34.6 Å². The van der Waals surface area contributed by atoms with Crippen LogP contribution in [0.3, 0.4) is 0 Å². The molecule has 28 heavy (non-hydrogen) atoms. The molecule has 0 aromatic heterocycles. The van der Waals surface area contributed by atoms with Gasteiger partial charge in [0.05, 0.1) is 18.1 Å². The Morgan fingerprint density at radius 2 is 1.82 bits per heavy atom. The zero-order valence-electron chi connectivity index (χ0n) is 16.1. The fraction of sp³-hybridized carbons (Fsp3) is 0.550. The number of nitro benzene ring substituents is 1. The van der Waals surface area contributed by atoms with Gasteiger partial charge in [0.15, 0.2) is 5.92 Å². The van der Waals surface area contributed by atoms with E-state index in [9.17, 15) is 24.5 Å². The molecule has 152 valence electrons. The lowest BCUT2D eigenvalue weighted by Gasteiger charge is -2.33. The monoisotopic (exact) mass is 391 g/mol. The van der Waals surface area contributed by atoms with Crippen molar-refractivity contribution in [3.8, 4) is 0 Å². The van der Waals surface area contributed by atoms with Crippen LogP contribution in [-0.4, -0.2) is 35.9 Å². The van der Waals surface area contributed by atoms with Crippen molar-refractivity contribution in [1.82, 2.24) is 0 Å². The van der Waals surface area contributed by atoms with Gasteiger partial charge in [0.1, 0.15) is 5.78 Å². The number of carbonyl (C=O) groups excluding carboxylic acids is 3. The van der Waals surface area contributed by atoms with Crippen LogP contribution >= 0.6 is 0 Å². The van der Waals surface area contributed by atoms with Crippen molar-refractivity contribution in [2.75, 3.05) is 13.2 Å². The van der Waals surface area contributed by atoms with E-state index in [0.717, 1.165) is 12.8 Å². The van der Waals surface area contributed by atoms with E-state index in [-0.39, 0.29) is 24.7 Å². The third kappa shape index (κ3) is 4.94. The Labute approximate surface area is 163 Å². The van der Waals surface area contributed by atoms with Crippen molar-refractivity contribution >= 4 is 23.4 Å². The summed E-state index contributed by atoms with van der Waals surface area (Å²) in [7, 11) is 0. The summed E-state index contributed by atoms with van der Waals surface area (Å²) in [4.78, 5) is 48.7. The summed E-state index contributed by atoms with van der Waals surface area (Å²) in [6, 6.07) is 5.73. The Kier molecular flexibility index (Phi) is 7.66. The van der Waals surface area contributed by atoms with Crippen LogP contribution in [0.1, 0.15) is 51.0 Å². The largest absolute Gasteiger partial charge is 0.465 e. The molecule has 0 aliphatic heterocycles. The molecule has 2 rings (SSSR count). The number of nitro groups is 1. The second-order valence-corrected chi connectivity index (χ2v) is 6.68. The maximum absolute atomic E-state index is 12.7. The van der Waals surface area contributed by atoms with Crippen molar-refractivity contribution in [3.63, 3.8) is 0 Å². The van der Waals surface area contributed by atoms with Crippen LogP contribution in [0.25, 0.3) is 0 Å². The van der Waals surface area contributed by atoms with E-state index in [2.05, 4.69) is 0 Å². The lowest BCUT2D eigenvalue weighted by molar-refractivity contribution is -0.385. The van der Waals surface area contributed by atoms with E-state index in [1.165, 1.54) is 18.2 Å². The molecule has 8 nitrogen and oxygen atoms in total. The number of ether oxygens (including phenoxy) is 2. The predicted molar refractivity (Wildman–Crippen MR) is 99.6 cm³/mol. The fourth-order valence-corrected chi connectivity index (χ4v) is 3.75. The molecule has 0 amide bonds. The summed E-state index contributed by atoms with van der Waals surface area (Å²) < 4.78 is 10.2. The van der Waals surface area contributed by atoms with Crippen LogP contribution < -0.4 is 0 Å². The first-order valence-corrected chi connectivity index (χ1v) is 9.51. The molecule has 0 heterocycles. The lowest BCUT2D eigenvalue weighted by atomic mass is 9.70. The first-order valence-electron chi connectivity index (χ1n) is 9.51. The van der Waals surface area contributed by atoms with Crippen LogP contribution in [-0.2, 0) is 23.9 Å². The Morgan fingerprint density at radius 1 is 1.18 bits per heavy atom. The number of benzene rings is 1. The summed E-state index contributed by atoms with van der Waals surface area (Å²) in [6.45, 7) is 3.37. The van der Waals surface area contributed by atoms with E-state index in [1.807, 2.05) is 0 Å². The number of nitrogens with zero attached hydrogens (tertiary/aromatic N) is 1. The van der Waals surface area contributed by atoms with Crippen molar-refractivity contribution < 1.29 is 28.8 Å². The number of Topliss-reactive ketones (excluding diaryl/α,β-unsaturated/α-hetero) is 1. The number of ketones is 1. The molecule has 0 N–H and O–H groups in total. The minimum atomic E-state index is -1.35. The molecule has 0 bridgehead atoms. The second-order valence-electron chi connectivity index (χ2n) is 6.68. The van der Waals surface area contributed by atoms with Crippen LogP contribution in [0, 0.1) is 22.0 Å². The van der Waals surface area contributed by atoms with Crippen LogP contribution in [0.5, 0.6) is 0 Å². The standard InChI is InChI=1S/C20H25NO7/c1-3-27-19(23)18(20(24)28-4-2)17(15-10-5-6-11-16(15)22)13-8-7-9-14(12-13)21(25)26/h7-9,12,15,17-18H,3-6,10-11H2,1-2H3. The van der Waals surface area contributed by atoms with E-state index in [1.54, 1.807) is 19.9 Å². The molecular weight excluding hydrogens is 366 g/mol. The van der Waals surface area contributed by atoms with Crippen molar-refractivity contribution in [2.24, 2.45) is 11.8 Å². The van der Waals surface area contributed by atoms with Gasteiger partial charge in [-0.2, -0.15) is 0 Å². The Hall–Kier alpha value is -2.77. The highest BCUT2D eigenvalue weighted by Crippen LogP contribution is 2.41. The molecule has 1 aliphatic carbocycles. The van der Waals surface area contributed by atoms with Gasteiger partial charge in [-0.05, 0) is 32.3 Å². The number of hydrogen-bond acceptors (Lipinski definition) is 7. The molecule has 1 saturated carbocycles. The first-order chi connectivity index (χ1) is 13.4. The van der Waals surface area contributed by atoms with Gasteiger partial charge in [0.25, 0.3) is 5.69 Å². The van der Waals surface area contributed by atoms with Gasteiger partial charge in [0, 0.05) is 30.4 Å². The molecule has 2 atom stereocenters. The van der Waals surface area contributed by atoms with E-state index in [4.69, 9.17) is 9.47 Å². The highest BCUT2D eigenvalue weighted by molar-refractivity contribution is 5.97. The molecule has 0 saturated heterocycles. The molecule has 1 aromatic carbocycles. The zero-order valence-corrected chi connectivity index (χ0v) is 16.1. The molecule has 1 fully saturated rings. The maximum atomic E-state index is 12.7. The highest BCUT2D eigenvalue weighted by Gasteiger charge is 2.45. The normalized spacial score (nSPS) is 17.8. The van der Waals surface area contributed by atoms with Crippen LogP contribution in [0.4, 0.5) is 5.69 Å². The van der Waals surface area contributed by atoms with Crippen molar-refractivity contribution in [1.29, 1.82) is 0 Å². The van der Waals surface area contributed by atoms with Crippen LogP contribution in [0.15, 0.2) is 24.3 Å². The van der Waals surface area contributed by atoms with Gasteiger partial charge in [-0.1, -0.05) is 18.6 Å². The number of rotatable bonds is 8. The number of non-ortho nitro benzene ring substituents is 1. The smallest absolute Gasteiger partial charge is 0.320 e. The Morgan fingerprint density at radius 3 is 2.36 bits per heavy atom. The quantitative estimate of drug-likeness (QED) is 0.289. The van der Waals surface area contributed by atoms with Crippen LogP contribution in [0.2, 0.25) is 0 Å². The minimum absolute atomic E-state index is 0.0543. The van der Waals surface area contributed by atoms with E-state index >= 15 is 0 Å². The van der Waals surface area contributed by atoms with Crippen molar-refractivity contribution in [2.45, 2.75) is 45.4 Å². The molecule has 2 unspecified atom stereocenters. The van der Waals surface area contributed by atoms with Gasteiger partial charge < -0.3 is 9.47 Å². The molecule has 0 spiro atoms. The SMILES string of the molecule is CCOC(=O)C(C(=O)OCC)C(c1cccc([N+](=O)[O-])c1)C1CCCCC1=O. The average molecular weight is 391 g/mol. The molecule has 0 radical (unpaired) electrons. The second kappa shape index (κ2) is 9.96. The van der Waals surface area contributed by atoms with Gasteiger partial charge in [-0.3, -0.25) is 24.5 Å². The average Bonchev–Trinajstić information content (AvgIpc) is 2.67. The summed E-state index contributed by atoms with van der Waals surface area (Å²) >= 11 is 0. The minimum Gasteiger partial charge on any atom is -0.465 e. The third-order valence-electron chi connectivity index (χ3n) is 4.94. The first kappa shape index (κ1) is 21.5. The summed E-state index contributed by atoms with van der Waals surface area (Å²) in [5.74, 6) is -4.44. The topological polar surface area (TPSA) is 113 Å². The number of carbonyl (C=O) groups is 3. The van der Waals surface area contributed by atoms with Gasteiger partial charge >= 0.3 is 11.9 Å². The fourth-order valence-electron chi connectivity index (χ4n) is 3.75. The summed E-state index contributed by atoms with van der Waals surface area (Å²) in [5, 5.41) is 11.2. The predicted octanol–water partition coefficient (Wildman–Crippen LogP) is 3.18. The van der Waals surface area contributed by atoms with E-state index in [0.29, 0.717) is 18.4 Å². The summed E-state index contributed by atoms with van der Waals surface area (Å²) in [6.07, 6.45) is 2.39. The van der Waals surface area contributed by atoms with Crippen molar-refractivity contribution in [3.05, 3.63) is 39.9 Å². The number of hydrogen-bond donors (Lipinski definition) is 0. The Bertz CT molecular complexity index is 728. The molecule has 1 aromatic rings. The molecule has 8 heteroatoms. The zero-order chi connectivity index (χ0) is 20.7. The highest BCUT2D eigenvalue weighted by atomic mass is 16.6. The lowest BCUT2D eigenvalue weighted by Crippen LogP contribution is -2.40. The third-order valence-corrected chi connectivity index (χ3v) is 4.94. The Balaban J connectivity index is 2.58. The van der Waals surface area contributed by atoms with Gasteiger partial charge in [-0.25, -0.2) is 0 Å².